The molecule has 0 saturated heterocycles. The predicted molar refractivity (Wildman–Crippen MR) is 108 cm³/mol. The topological polar surface area (TPSA) is 89.9 Å². The van der Waals surface area contributed by atoms with Gasteiger partial charge in [0.15, 0.2) is 0 Å². The van der Waals surface area contributed by atoms with E-state index >= 15 is 0 Å². The van der Waals surface area contributed by atoms with E-state index in [-0.39, 0.29) is 11.4 Å². The predicted octanol–water partition coefficient (Wildman–Crippen LogP) is 3.95. The summed E-state index contributed by atoms with van der Waals surface area (Å²) in [5.41, 5.74) is 2.09. The summed E-state index contributed by atoms with van der Waals surface area (Å²) in [4.78, 5) is 1.15. The number of aliphatic hydroxyl groups excluding tert-OH is 1. The number of thioether (sulfide) groups is 1. The number of anilines is 1. The Morgan fingerprint density at radius 3 is 2.44 bits per heavy atom. The number of nitrogens with zero attached hydrogens (tertiary/aromatic N) is 1. The van der Waals surface area contributed by atoms with Crippen LogP contribution in [-0.4, -0.2) is 24.9 Å². The van der Waals surface area contributed by atoms with Crippen LogP contribution in [0, 0.1) is 0 Å². The average Bonchev–Trinajstić information content (AvgIpc) is 2.92. The average molecular weight is 400 g/mol. The van der Waals surface area contributed by atoms with Gasteiger partial charge in [-0.1, -0.05) is 24.3 Å². The van der Waals surface area contributed by atoms with Gasteiger partial charge in [0.25, 0.3) is 0 Å². The number of hydrogen-bond donors (Lipinski definition) is 3. The molecular weight excluding hydrogens is 384 g/mol. The number of aromatic hydroxyl groups is 1. The monoisotopic (exact) mass is 400 g/mol. The van der Waals surface area contributed by atoms with Crippen molar-refractivity contribution in [3.8, 4) is 16.9 Å². The third kappa shape index (κ3) is 3.17. The van der Waals surface area contributed by atoms with Crippen molar-refractivity contribution in [1.29, 1.82) is 0 Å². The van der Waals surface area contributed by atoms with Crippen LogP contribution in [0.15, 0.2) is 71.6 Å². The van der Waals surface area contributed by atoms with Crippen LogP contribution in [0.3, 0.4) is 0 Å². The van der Waals surface area contributed by atoms with Crippen molar-refractivity contribution in [2.24, 2.45) is 0 Å². The third-order valence-electron chi connectivity index (χ3n) is 4.31. The van der Waals surface area contributed by atoms with Crippen molar-refractivity contribution in [1.82, 2.24) is 4.72 Å². The zero-order valence-electron chi connectivity index (χ0n) is 14.2. The van der Waals surface area contributed by atoms with E-state index in [0.717, 1.165) is 37.3 Å². The minimum absolute atomic E-state index is 0.0639. The molecule has 0 spiro atoms. The summed E-state index contributed by atoms with van der Waals surface area (Å²) in [6.07, 6.45) is 3.03. The van der Waals surface area contributed by atoms with E-state index in [1.165, 1.54) is 6.07 Å². The number of rotatable bonds is 3. The Balaban J connectivity index is 1.85. The van der Waals surface area contributed by atoms with Crippen molar-refractivity contribution in [3.05, 3.63) is 66.7 Å². The van der Waals surface area contributed by atoms with Gasteiger partial charge in [0.2, 0.25) is 5.88 Å². The Morgan fingerprint density at radius 2 is 1.74 bits per heavy atom. The molecule has 0 amide bonds. The van der Waals surface area contributed by atoms with E-state index in [2.05, 4.69) is 6.07 Å². The summed E-state index contributed by atoms with van der Waals surface area (Å²) >= 11 is 1.66. The minimum Gasteiger partial charge on any atom is -0.506 e. The lowest BCUT2D eigenvalue weighted by atomic mass is 10.0. The maximum Gasteiger partial charge on any atom is 0.330 e. The molecule has 0 unspecified atom stereocenters. The number of benzene rings is 3. The molecule has 6 nitrogen and oxygen atoms in total. The molecule has 0 fully saturated rings. The lowest BCUT2D eigenvalue weighted by Crippen LogP contribution is -2.29. The second kappa shape index (κ2) is 6.40. The van der Waals surface area contributed by atoms with Gasteiger partial charge in [-0.15, -0.1) is 11.8 Å². The quantitative estimate of drug-likeness (QED) is 0.579. The molecule has 0 radical (unpaired) electrons. The number of nitrogens with one attached hydrogen (secondary N) is 1. The van der Waals surface area contributed by atoms with Gasteiger partial charge in [0.1, 0.15) is 11.4 Å². The van der Waals surface area contributed by atoms with E-state index in [1.807, 2.05) is 47.4 Å². The molecule has 27 heavy (non-hydrogen) atoms. The molecule has 1 aliphatic rings. The molecule has 138 valence electrons. The van der Waals surface area contributed by atoms with Crippen LogP contribution < -0.4 is 9.03 Å². The van der Waals surface area contributed by atoms with Crippen LogP contribution in [0.1, 0.15) is 0 Å². The first-order valence-electron chi connectivity index (χ1n) is 8.01. The van der Waals surface area contributed by atoms with Gasteiger partial charge in [-0.05, 0) is 58.5 Å². The van der Waals surface area contributed by atoms with Crippen molar-refractivity contribution in [2.75, 3.05) is 10.6 Å². The second-order valence-corrected chi connectivity index (χ2v) is 8.48. The van der Waals surface area contributed by atoms with Crippen LogP contribution >= 0.6 is 11.8 Å². The Labute approximate surface area is 160 Å². The highest BCUT2D eigenvalue weighted by Gasteiger charge is 2.30. The van der Waals surface area contributed by atoms with Crippen LogP contribution in [0.4, 0.5) is 5.69 Å². The maximum atomic E-state index is 12.1. The number of fused-ring (bicyclic) bond motifs is 1. The Hall–Kier alpha value is -2.84. The van der Waals surface area contributed by atoms with Gasteiger partial charge in [-0.3, -0.25) is 0 Å². The SMILES string of the molecule is CSc1cccc(-c2ccc3cc(O)c(N4C=C(O)NS4(=O)=O)cc3c2)c1. The number of aliphatic hydroxyl groups is 1. The molecule has 0 saturated carbocycles. The van der Waals surface area contributed by atoms with Gasteiger partial charge >= 0.3 is 10.2 Å². The fourth-order valence-electron chi connectivity index (χ4n) is 3.02. The van der Waals surface area contributed by atoms with E-state index in [4.69, 9.17) is 0 Å². The highest BCUT2D eigenvalue weighted by molar-refractivity contribution is 7.98. The number of phenolic OH excluding ortho intramolecular Hbond substituents is 1. The van der Waals surface area contributed by atoms with Crippen LogP contribution in [-0.2, 0) is 10.2 Å². The van der Waals surface area contributed by atoms with Gasteiger partial charge in [-0.25, -0.2) is 9.03 Å². The highest BCUT2D eigenvalue weighted by Crippen LogP contribution is 2.37. The minimum atomic E-state index is -3.97. The summed E-state index contributed by atoms with van der Waals surface area (Å²) in [6.45, 7) is 0. The first kappa shape index (κ1) is 17.6. The number of phenols is 1. The van der Waals surface area contributed by atoms with Gasteiger partial charge in [-0.2, -0.15) is 8.42 Å². The Kier molecular flexibility index (Phi) is 4.16. The smallest absolute Gasteiger partial charge is 0.330 e. The molecule has 1 aliphatic heterocycles. The molecule has 8 heteroatoms. The molecule has 0 bridgehead atoms. The summed E-state index contributed by atoms with van der Waals surface area (Å²) in [5.74, 6) is -0.701. The highest BCUT2D eigenvalue weighted by atomic mass is 32.2. The normalized spacial score (nSPS) is 15.6. The van der Waals surface area contributed by atoms with Gasteiger partial charge in [0.05, 0.1) is 6.20 Å². The fourth-order valence-corrected chi connectivity index (χ4v) is 4.54. The van der Waals surface area contributed by atoms with Gasteiger partial charge in [0, 0.05) is 4.90 Å². The lowest BCUT2D eigenvalue weighted by Gasteiger charge is -2.16. The first-order chi connectivity index (χ1) is 12.9. The molecule has 1 heterocycles. The molecule has 3 aromatic rings. The van der Waals surface area contributed by atoms with E-state index in [0.29, 0.717) is 0 Å². The summed E-state index contributed by atoms with van der Waals surface area (Å²) in [5, 5.41) is 21.3. The molecule has 0 atom stereocenters. The number of hydrogen-bond acceptors (Lipinski definition) is 5. The second-order valence-electron chi connectivity index (χ2n) is 6.05. The zero-order valence-corrected chi connectivity index (χ0v) is 15.9. The maximum absolute atomic E-state index is 12.1. The van der Waals surface area contributed by atoms with E-state index in [1.54, 1.807) is 17.8 Å². The van der Waals surface area contributed by atoms with Crippen LogP contribution in [0.2, 0.25) is 0 Å². The molecular formula is C19H16N2O4S2. The van der Waals surface area contributed by atoms with Gasteiger partial charge < -0.3 is 10.2 Å². The van der Waals surface area contributed by atoms with Crippen LogP contribution in [0.5, 0.6) is 5.75 Å². The standard InChI is InChI=1S/C19H16N2O4S2/c1-26-16-4-2-3-12(8-16)13-5-6-14-10-18(22)17(9-15(14)7-13)21-11-19(23)20-27(21,24)25/h2-11,20,22-23H,1H3. The van der Waals surface area contributed by atoms with Crippen molar-refractivity contribution in [3.63, 3.8) is 0 Å². The van der Waals surface area contributed by atoms with Crippen molar-refractivity contribution >= 4 is 38.4 Å². The van der Waals surface area contributed by atoms with Crippen LogP contribution in [0.25, 0.3) is 21.9 Å². The summed E-state index contributed by atoms with van der Waals surface area (Å²) in [7, 11) is -3.97. The van der Waals surface area contributed by atoms with E-state index in [9.17, 15) is 18.6 Å². The van der Waals surface area contributed by atoms with Crippen molar-refractivity contribution in [2.45, 2.75) is 4.90 Å². The summed E-state index contributed by atoms with van der Waals surface area (Å²) in [6, 6.07) is 17.0. The van der Waals surface area contributed by atoms with E-state index < -0.39 is 16.1 Å². The third-order valence-corrected chi connectivity index (χ3v) is 6.32. The molecule has 3 aromatic carbocycles. The largest absolute Gasteiger partial charge is 0.506 e. The summed E-state index contributed by atoms with van der Waals surface area (Å²) < 4.78 is 27.0. The molecule has 0 aliphatic carbocycles. The first-order valence-corrected chi connectivity index (χ1v) is 10.7. The van der Waals surface area contributed by atoms with Crippen molar-refractivity contribution < 1.29 is 18.6 Å². The Morgan fingerprint density at radius 1 is 0.963 bits per heavy atom. The molecule has 3 N–H and O–H groups in total. The Bertz CT molecular complexity index is 1190. The molecule has 0 aromatic heterocycles. The molecule has 4 rings (SSSR count). The zero-order chi connectivity index (χ0) is 19.2. The fraction of sp³-hybridized carbons (Fsp3) is 0.0526. The lowest BCUT2D eigenvalue weighted by molar-refractivity contribution is 0.392.